The summed E-state index contributed by atoms with van der Waals surface area (Å²) in [4.78, 5) is 0. The van der Waals surface area contributed by atoms with Crippen LogP contribution in [0.3, 0.4) is 0 Å². The van der Waals surface area contributed by atoms with Crippen LogP contribution in [-0.2, 0) is 6.54 Å². The van der Waals surface area contributed by atoms with E-state index in [1.807, 2.05) is 18.2 Å². The lowest BCUT2D eigenvalue weighted by Crippen LogP contribution is -2.12. The lowest BCUT2D eigenvalue weighted by atomic mass is 10.1. The zero-order chi connectivity index (χ0) is 17.8. The first-order valence-corrected chi connectivity index (χ1v) is 8.91. The molecule has 0 amide bonds. The van der Waals surface area contributed by atoms with Crippen molar-refractivity contribution >= 4 is 10.9 Å². The highest BCUT2D eigenvalue weighted by molar-refractivity contribution is 5.87. The van der Waals surface area contributed by atoms with Crippen LogP contribution in [-0.4, -0.2) is 17.7 Å². The molecular formula is C23H22N2O. The maximum Gasteiger partial charge on any atom is 0.124 e. The molecule has 1 aromatic heterocycles. The average molecular weight is 342 g/mol. The van der Waals surface area contributed by atoms with Crippen molar-refractivity contribution in [1.82, 2.24) is 4.57 Å². The summed E-state index contributed by atoms with van der Waals surface area (Å²) in [5.41, 5.74) is 10.4. The van der Waals surface area contributed by atoms with E-state index in [1.54, 1.807) is 0 Å². The van der Waals surface area contributed by atoms with Gasteiger partial charge in [0.1, 0.15) is 12.4 Å². The van der Waals surface area contributed by atoms with Crippen molar-refractivity contribution in [2.75, 3.05) is 13.2 Å². The molecule has 1 heterocycles. The summed E-state index contributed by atoms with van der Waals surface area (Å²) in [5.74, 6) is 0.898. The fourth-order valence-corrected chi connectivity index (χ4v) is 3.34. The van der Waals surface area contributed by atoms with Crippen molar-refractivity contribution in [3.63, 3.8) is 0 Å². The van der Waals surface area contributed by atoms with E-state index in [1.165, 1.54) is 22.2 Å². The molecule has 0 fully saturated rings. The SMILES string of the molecule is NCCOc1ccccc1Cn1c(-c2ccccc2)cc2ccccc21. The molecule has 0 bridgehead atoms. The second kappa shape index (κ2) is 7.46. The molecule has 0 saturated heterocycles. The number of hydrogen-bond acceptors (Lipinski definition) is 2. The van der Waals surface area contributed by atoms with E-state index >= 15 is 0 Å². The van der Waals surface area contributed by atoms with Gasteiger partial charge in [-0.1, -0.05) is 66.7 Å². The predicted octanol–water partition coefficient (Wildman–Crippen LogP) is 4.69. The number of fused-ring (bicyclic) bond motifs is 1. The van der Waals surface area contributed by atoms with Crippen molar-refractivity contribution in [2.24, 2.45) is 5.73 Å². The van der Waals surface area contributed by atoms with Gasteiger partial charge in [0, 0.05) is 28.7 Å². The van der Waals surface area contributed by atoms with Crippen LogP contribution < -0.4 is 10.5 Å². The van der Waals surface area contributed by atoms with Crippen LogP contribution in [0.5, 0.6) is 5.75 Å². The number of benzene rings is 3. The van der Waals surface area contributed by atoms with Gasteiger partial charge in [0.25, 0.3) is 0 Å². The normalized spacial score (nSPS) is 11.0. The molecule has 4 rings (SSSR count). The summed E-state index contributed by atoms with van der Waals surface area (Å²) in [6.45, 7) is 1.78. The molecule has 0 atom stereocenters. The van der Waals surface area contributed by atoms with Crippen molar-refractivity contribution in [3.05, 3.63) is 90.5 Å². The Kier molecular flexibility index (Phi) is 4.71. The van der Waals surface area contributed by atoms with E-state index < -0.39 is 0 Å². The summed E-state index contributed by atoms with van der Waals surface area (Å²) in [6, 6.07) is 29.5. The number of hydrogen-bond donors (Lipinski definition) is 1. The predicted molar refractivity (Wildman–Crippen MR) is 107 cm³/mol. The Labute approximate surface area is 153 Å². The van der Waals surface area contributed by atoms with Crippen molar-refractivity contribution < 1.29 is 4.74 Å². The van der Waals surface area contributed by atoms with Crippen molar-refractivity contribution in [2.45, 2.75) is 6.54 Å². The molecule has 3 nitrogen and oxygen atoms in total. The van der Waals surface area contributed by atoms with Gasteiger partial charge >= 0.3 is 0 Å². The minimum Gasteiger partial charge on any atom is -0.492 e. The van der Waals surface area contributed by atoms with Crippen LogP contribution in [0.1, 0.15) is 5.56 Å². The Morgan fingerprint density at radius 2 is 1.54 bits per heavy atom. The zero-order valence-electron chi connectivity index (χ0n) is 14.6. The minimum atomic E-state index is 0.510. The van der Waals surface area contributed by atoms with Gasteiger partial charge in [0.15, 0.2) is 0 Å². The standard InChI is InChI=1S/C23H22N2O/c24-14-15-26-23-13-7-5-11-20(23)17-25-21-12-6-4-10-19(21)16-22(25)18-8-2-1-3-9-18/h1-13,16H,14-15,17,24H2. The summed E-state index contributed by atoms with van der Waals surface area (Å²) in [6.07, 6.45) is 0. The topological polar surface area (TPSA) is 40.2 Å². The number of rotatable bonds is 6. The first-order chi connectivity index (χ1) is 12.9. The molecule has 3 aromatic carbocycles. The van der Waals surface area contributed by atoms with Crippen LogP contribution in [0.4, 0.5) is 0 Å². The summed E-state index contributed by atoms with van der Waals surface area (Å²) >= 11 is 0. The van der Waals surface area contributed by atoms with E-state index in [2.05, 4.69) is 71.3 Å². The molecule has 130 valence electrons. The summed E-state index contributed by atoms with van der Waals surface area (Å²) < 4.78 is 8.21. The Bertz CT molecular complexity index is 1010. The molecule has 2 N–H and O–H groups in total. The van der Waals surface area contributed by atoms with Crippen LogP contribution in [0.25, 0.3) is 22.2 Å². The largest absolute Gasteiger partial charge is 0.492 e. The van der Waals surface area contributed by atoms with Gasteiger partial charge in [-0.25, -0.2) is 0 Å². The van der Waals surface area contributed by atoms with E-state index in [4.69, 9.17) is 10.5 Å². The highest BCUT2D eigenvalue weighted by atomic mass is 16.5. The van der Waals surface area contributed by atoms with Gasteiger partial charge in [-0.3, -0.25) is 0 Å². The third-order valence-corrected chi connectivity index (χ3v) is 4.56. The highest BCUT2D eigenvalue weighted by Gasteiger charge is 2.12. The van der Waals surface area contributed by atoms with Gasteiger partial charge < -0.3 is 15.0 Å². The smallest absolute Gasteiger partial charge is 0.124 e. The quantitative estimate of drug-likeness (QED) is 0.552. The average Bonchev–Trinajstić information content (AvgIpc) is 3.07. The monoisotopic (exact) mass is 342 g/mol. The first kappa shape index (κ1) is 16.4. The fraction of sp³-hybridized carbons (Fsp3) is 0.130. The molecule has 0 aliphatic heterocycles. The molecule has 4 aromatic rings. The van der Waals surface area contributed by atoms with Crippen LogP contribution in [0.15, 0.2) is 84.9 Å². The number of nitrogens with zero attached hydrogens (tertiary/aromatic N) is 1. The zero-order valence-corrected chi connectivity index (χ0v) is 14.6. The molecular weight excluding hydrogens is 320 g/mol. The molecule has 0 aliphatic rings. The number of aromatic nitrogens is 1. The Morgan fingerprint density at radius 1 is 0.808 bits per heavy atom. The molecule has 0 aliphatic carbocycles. The van der Waals surface area contributed by atoms with Crippen LogP contribution in [0, 0.1) is 0 Å². The molecule has 26 heavy (non-hydrogen) atoms. The van der Waals surface area contributed by atoms with Gasteiger partial charge in [-0.05, 0) is 23.8 Å². The minimum absolute atomic E-state index is 0.510. The second-order valence-electron chi connectivity index (χ2n) is 6.29. The number of ether oxygens (including phenoxy) is 1. The second-order valence-corrected chi connectivity index (χ2v) is 6.29. The molecule has 0 saturated carbocycles. The van der Waals surface area contributed by atoms with E-state index in [0.717, 1.165) is 17.9 Å². The Hall–Kier alpha value is -3.04. The van der Waals surface area contributed by atoms with Gasteiger partial charge in [-0.2, -0.15) is 0 Å². The Morgan fingerprint density at radius 3 is 2.38 bits per heavy atom. The molecule has 0 spiro atoms. The summed E-state index contributed by atoms with van der Waals surface area (Å²) in [5, 5.41) is 1.24. The van der Waals surface area contributed by atoms with E-state index in [-0.39, 0.29) is 0 Å². The third-order valence-electron chi connectivity index (χ3n) is 4.56. The number of nitrogens with two attached hydrogens (primary N) is 1. The number of para-hydroxylation sites is 2. The lowest BCUT2D eigenvalue weighted by molar-refractivity contribution is 0.324. The third kappa shape index (κ3) is 3.22. The van der Waals surface area contributed by atoms with Gasteiger partial charge in [0.05, 0.1) is 6.54 Å². The van der Waals surface area contributed by atoms with Gasteiger partial charge in [-0.15, -0.1) is 0 Å². The lowest BCUT2D eigenvalue weighted by Gasteiger charge is -2.15. The molecule has 3 heteroatoms. The van der Waals surface area contributed by atoms with Crippen LogP contribution >= 0.6 is 0 Å². The first-order valence-electron chi connectivity index (χ1n) is 8.91. The maximum absolute atomic E-state index is 5.85. The van der Waals surface area contributed by atoms with Crippen molar-refractivity contribution in [1.29, 1.82) is 0 Å². The molecule has 0 radical (unpaired) electrons. The summed E-state index contributed by atoms with van der Waals surface area (Å²) in [7, 11) is 0. The van der Waals surface area contributed by atoms with Crippen molar-refractivity contribution in [3.8, 4) is 17.0 Å². The van der Waals surface area contributed by atoms with Gasteiger partial charge in [0.2, 0.25) is 0 Å². The maximum atomic E-state index is 5.85. The molecule has 0 unspecified atom stereocenters. The van der Waals surface area contributed by atoms with E-state index in [9.17, 15) is 0 Å². The highest BCUT2D eigenvalue weighted by Crippen LogP contribution is 2.30. The fourth-order valence-electron chi connectivity index (χ4n) is 3.34. The van der Waals surface area contributed by atoms with Crippen LogP contribution in [0.2, 0.25) is 0 Å². The Balaban J connectivity index is 1.82. The van der Waals surface area contributed by atoms with E-state index in [0.29, 0.717) is 13.2 Å².